The highest BCUT2D eigenvalue weighted by Gasteiger charge is 2.34. The third-order valence-corrected chi connectivity index (χ3v) is 10.00. The molecule has 0 bridgehead atoms. The summed E-state index contributed by atoms with van der Waals surface area (Å²) in [6, 6.07) is 18.9. The molecular formula is C32H36ClN3O6S. The second kappa shape index (κ2) is 13.7. The summed E-state index contributed by atoms with van der Waals surface area (Å²) >= 11 is 6.46. The fourth-order valence-electron chi connectivity index (χ4n) is 5.40. The molecule has 1 N–H and O–H groups in total. The lowest BCUT2D eigenvalue weighted by Gasteiger charge is -2.33. The van der Waals surface area contributed by atoms with Crippen LogP contribution in [0.15, 0.2) is 77.7 Å². The van der Waals surface area contributed by atoms with E-state index < -0.39 is 28.5 Å². The van der Waals surface area contributed by atoms with Crippen LogP contribution < -0.4 is 19.1 Å². The second-order valence-corrected chi connectivity index (χ2v) is 13.1. The van der Waals surface area contributed by atoms with Gasteiger partial charge < -0.3 is 19.7 Å². The molecule has 0 radical (unpaired) electrons. The SMILES string of the molecule is CC(C(=O)NC1CCCCC1)N(Cc1ccccc1Cl)C(=O)CN(c1ccc2c(c1)OCCO2)S(=O)(=O)c1ccccc1. The maximum absolute atomic E-state index is 14.2. The molecular weight excluding hydrogens is 590 g/mol. The second-order valence-electron chi connectivity index (χ2n) is 10.8. The first-order chi connectivity index (χ1) is 20.7. The average molecular weight is 626 g/mol. The zero-order valence-electron chi connectivity index (χ0n) is 24.1. The van der Waals surface area contributed by atoms with E-state index in [0.717, 1.165) is 36.4 Å². The molecule has 1 aliphatic heterocycles. The van der Waals surface area contributed by atoms with E-state index in [-0.39, 0.29) is 29.1 Å². The van der Waals surface area contributed by atoms with Crippen LogP contribution in [0, 0.1) is 0 Å². The first-order valence-corrected chi connectivity index (χ1v) is 16.4. The molecule has 43 heavy (non-hydrogen) atoms. The van der Waals surface area contributed by atoms with Crippen LogP contribution in [-0.2, 0) is 26.2 Å². The van der Waals surface area contributed by atoms with Crippen molar-refractivity contribution in [3.63, 3.8) is 0 Å². The van der Waals surface area contributed by atoms with Gasteiger partial charge in [-0.3, -0.25) is 13.9 Å². The molecule has 1 heterocycles. The van der Waals surface area contributed by atoms with Gasteiger partial charge in [0.15, 0.2) is 11.5 Å². The third-order valence-electron chi connectivity index (χ3n) is 7.84. The summed E-state index contributed by atoms with van der Waals surface area (Å²) in [4.78, 5) is 29.1. The summed E-state index contributed by atoms with van der Waals surface area (Å²) in [6.45, 7) is 1.84. The van der Waals surface area contributed by atoms with Crippen molar-refractivity contribution >= 4 is 39.1 Å². The molecule has 1 saturated carbocycles. The highest BCUT2D eigenvalue weighted by atomic mass is 35.5. The van der Waals surface area contributed by atoms with Crippen molar-refractivity contribution in [2.45, 2.75) is 62.6 Å². The van der Waals surface area contributed by atoms with E-state index in [1.807, 2.05) is 0 Å². The number of amides is 2. The first kappa shape index (κ1) is 30.7. The number of nitrogens with zero attached hydrogens (tertiary/aromatic N) is 2. The maximum atomic E-state index is 14.2. The van der Waals surface area contributed by atoms with Gasteiger partial charge in [-0.15, -0.1) is 0 Å². The Hall–Kier alpha value is -3.76. The van der Waals surface area contributed by atoms with Gasteiger partial charge in [0, 0.05) is 23.7 Å². The highest BCUT2D eigenvalue weighted by molar-refractivity contribution is 7.92. The number of hydrogen-bond acceptors (Lipinski definition) is 6. The van der Waals surface area contributed by atoms with Gasteiger partial charge in [-0.1, -0.05) is 67.3 Å². The van der Waals surface area contributed by atoms with Crippen molar-refractivity contribution in [1.29, 1.82) is 0 Å². The summed E-state index contributed by atoms with van der Waals surface area (Å²) < 4.78 is 40.4. The van der Waals surface area contributed by atoms with Gasteiger partial charge in [-0.05, 0) is 55.7 Å². The number of nitrogens with one attached hydrogen (secondary N) is 1. The number of carbonyl (C=O) groups is 2. The Morgan fingerprint density at radius 2 is 1.60 bits per heavy atom. The smallest absolute Gasteiger partial charge is 0.264 e. The maximum Gasteiger partial charge on any atom is 0.264 e. The number of benzene rings is 3. The minimum atomic E-state index is -4.20. The molecule has 11 heteroatoms. The molecule has 0 spiro atoms. The predicted octanol–water partition coefficient (Wildman–Crippen LogP) is 5.17. The summed E-state index contributed by atoms with van der Waals surface area (Å²) in [5, 5.41) is 3.55. The largest absolute Gasteiger partial charge is 0.486 e. The van der Waals surface area contributed by atoms with Crippen LogP contribution in [0.25, 0.3) is 0 Å². The lowest BCUT2D eigenvalue weighted by atomic mass is 9.95. The van der Waals surface area contributed by atoms with E-state index >= 15 is 0 Å². The van der Waals surface area contributed by atoms with Gasteiger partial charge >= 0.3 is 0 Å². The molecule has 1 atom stereocenters. The molecule has 0 aromatic heterocycles. The van der Waals surface area contributed by atoms with Crippen molar-refractivity contribution in [3.8, 4) is 11.5 Å². The van der Waals surface area contributed by atoms with Gasteiger partial charge in [-0.25, -0.2) is 8.42 Å². The zero-order valence-corrected chi connectivity index (χ0v) is 25.6. The fourth-order valence-corrected chi connectivity index (χ4v) is 7.02. The minimum absolute atomic E-state index is 0.0259. The lowest BCUT2D eigenvalue weighted by molar-refractivity contribution is -0.139. The Labute approximate surface area is 257 Å². The van der Waals surface area contributed by atoms with Crippen LogP contribution in [0.2, 0.25) is 5.02 Å². The van der Waals surface area contributed by atoms with E-state index in [1.165, 1.54) is 17.0 Å². The number of ether oxygens (including phenoxy) is 2. The summed E-state index contributed by atoms with van der Waals surface area (Å²) in [5.74, 6) is 0.0362. The van der Waals surface area contributed by atoms with Crippen LogP contribution in [0.1, 0.15) is 44.6 Å². The number of fused-ring (bicyclic) bond motifs is 1. The quantitative estimate of drug-likeness (QED) is 0.333. The lowest BCUT2D eigenvalue weighted by Crippen LogP contribution is -2.53. The Balaban J connectivity index is 1.49. The van der Waals surface area contributed by atoms with E-state index in [1.54, 1.807) is 67.6 Å². The van der Waals surface area contributed by atoms with Crippen LogP contribution in [0.3, 0.4) is 0 Å². The molecule has 1 fully saturated rings. The number of sulfonamides is 1. The summed E-state index contributed by atoms with van der Waals surface area (Å²) in [5.41, 5.74) is 0.880. The molecule has 3 aromatic rings. The molecule has 5 rings (SSSR count). The third kappa shape index (κ3) is 7.25. The highest BCUT2D eigenvalue weighted by Crippen LogP contribution is 2.36. The summed E-state index contributed by atoms with van der Waals surface area (Å²) in [7, 11) is -4.20. The van der Waals surface area contributed by atoms with E-state index in [0.29, 0.717) is 35.3 Å². The molecule has 9 nitrogen and oxygen atoms in total. The van der Waals surface area contributed by atoms with E-state index in [4.69, 9.17) is 21.1 Å². The van der Waals surface area contributed by atoms with Crippen LogP contribution in [0.5, 0.6) is 11.5 Å². The van der Waals surface area contributed by atoms with Gasteiger partial charge in [0.25, 0.3) is 10.0 Å². The zero-order chi connectivity index (χ0) is 30.4. The number of halogens is 1. The van der Waals surface area contributed by atoms with Crippen molar-refractivity contribution in [2.75, 3.05) is 24.1 Å². The molecule has 228 valence electrons. The predicted molar refractivity (Wildman–Crippen MR) is 165 cm³/mol. The van der Waals surface area contributed by atoms with Gasteiger partial charge in [0.2, 0.25) is 11.8 Å². The topological polar surface area (TPSA) is 105 Å². The van der Waals surface area contributed by atoms with E-state index in [2.05, 4.69) is 5.32 Å². The fraction of sp³-hybridized carbons (Fsp3) is 0.375. The molecule has 2 amide bonds. The number of rotatable bonds is 10. The van der Waals surface area contributed by atoms with Crippen molar-refractivity contribution in [1.82, 2.24) is 10.2 Å². The van der Waals surface area contributed by atoms with Gasteiger partial charge in [0.05, 0.1) is 10.6 Å². The van der Waals surface area contributed by atoms with Crippen molar-refractivity contribution in [3.05, 3.63) is 83.4 Å². The van der Waals surface area contributed by atoms with Crippen LogP contribution in [-0.4, -0.2) is 57.0 Å². The normalized spacial score (nSPS) is 15.8. The van der Waals surface area contributed by atoms with Gasteiger partial charge in [-0.2, -0.15) is 0 Å². The molecule has 1 unspecified atom stereocenters. The minimum Gasteiger partial charge on any atom is -0.486 e. The molecule has 3 aromatic carbocycles. The average Bonchev–Trinajstić information content (AvgIpc) is 3.03. The van der Waals surface area contributed by atoms with Crippen LogP contribution in [0.4, 0.5) is 5.69 Å². The van der Waals surface area contributed by atoms with E-state index in [9.17, 15) is 18.0 Å². The molecule has 2 aliphatic rings. The summed E-state index contributed by atoms with van der Waals surface area (Å²) in [6.07, 6.45) is 5.02. The number of hydrogen-bond donors (Lipinski definition) is 1. The molecule has 1 aliphatic carbocycles. The van der Waals surface area contributed by atoms with Crippen molar-refractivity contribution < 1.29 is 27.5 Å². The molecule has 0 saturated heterocycles. The Kier molecular flexibility index (Phi) is 9.77. The standard InChI is InChI=1S/C32H36ClN3O6S/c1-23(32(38)34-25-11-4-2-5-12-25)35(21-24-10-8-9-15-28(24)33)31(37)22-36(43(39,40)27-13-6-3-7-14-27)26-16-17-29-30(20-26)42-19-18-41-29/h3,6-10,13-17,20,23,25H,2,4-5,11-12,18-19,21-22H2,1H3,(H,34,38). The first-order valence-electron chi connectivity index (χ1n) is 14.5. The van der Waals surface area contributed by atoms with Crippen LogP contribution >= 0.6 is 11.6 Å². The Morgan fingerprint density at radius 1 is 0.930 bits per heavy atom. The Morgan fingerprint density at radius 3 is 2.33 bits per heavy atom. The van der Waals surface area contributed by atoms with Crippen molar-refractivity contribution in [2.24, 2.45) is 0 Å². The number of carbonyl (C=O) groups excluding carboxylic acids is 2. The monoisotopic (exact) mass is 625 g/mol. The number of anilines is 1. The Bertz CT molecular complexity index is 1550. The van der Waals surface area contributed by atoms with Gasteiger partial charge in [0.1, 0.15) is 25.8 Å².